The number of aliphatic carboxylic acids is 1. The molecule has 0 bridgehead atoms. The summed E-state index contributed by atoms with van der Waals surface area (Å²) in [6.45, 7) is 3.87. The second kappa shape index (κ2) is 5.11. The number of rotatable bonds is 5. The van der Waals surface area contributed by atoms with E-state index in [1.807, 2.05) is 26.0 Å². The average Bonchev–Trinajstić information content (AvgIpc) is 2.79. The van der Waals surface area contributed by atoms with Crippen molar-refractivity contribution in [3.05, 3.63) is 35.4 Å². The van der Waals surface area contributed by atoms with Gasteiger partial charge in [0.15, 0.2) is 0 Å². The van der Waals surface area contributed by atoms with E-state index < -0.39 is 11.5 Å². The fourth-order valence-electron chi connectivity index (χ4n) is 2.86. The van der Waals surface area contributed by atoms with Crippen LogP contribution in [0.2, 0.25) is 0 Å². The van der Waals surface area contributed by atoms with Crippen molar-refractivity contribution < 1.29 is 9.90 Å². The van der Waals surface area contributed by atoms with Crippen molar-refractivity contribution in [3.63, 3.8) is 0 Å². The maximum Gasteiger partial charge on any atom is 0.323 e. The highest BCUT2D eigenvalue weighted by Gasteiger charge is 2.38. The Morgan fingerprint density at radius 1 is 1.39 bits per heavy atom. The molecule has 0 amide bonds. The van der Waals surface area contributed by atoms with Gasteiger partial charge >= 0.3 is 5.97 Å². The number of carboxylic acids is 1. The molecular weight excluding hydrogens is 226 g/mol. The molecule has 18 heavy (non-hydrogen) atoms. The zero-order chi connectivity index (χ0) is 13.2. The molecule has 1 aliphatic carbocycles. The van der Waals surface area contributed by atoms with Crippen LogP contribution >= 0.6 is 0 Å². The number of hydrogen-bond acceptors (Lipinski definition) is 2. The Bertz CT molecular complexity index is 438. The van der Waals surface area contributed by atoms with Gasteiger partial charge in [-0.15, -0.1) is 0 Å². The van der Waals surface area contributed by atoms with Crippen molar-refractivity contribution >= 4 is 5.97 Å². The van der Waals surface area contributed by atoms with Gasteiger partial charge in [-0.05, 0) is 36.8 Å². The third kappa shape index (κ3) is 2.15. The van der Waals surface area contributed by atoms with Gasteiger partial charge in [0.25, 0.3) is 0 Å². The molecule has 1 aromatic carbocycles. The van der Waals surface area contributed by atoms with E-state index in [4.69, 9.17) is 0 Å². The lowest BCUT2D eigenvalue weighted by Crippen LogP contribution is -2.52. The Morgan fingerprint density at radius 2 is 2.06 bits per heavy atom. The van der Waals surface area contributed by atoms with Gasteiger partial charge in [0.05, 0.1) is 0 Å². The van der Waals surface area contributed by atoms with Gasteiger partial charge in [0, 0.05) is 6.04 Å². The standard InChI is InChI=1S/C15H21NO2/c1-3-15(4-2,14(17)18)16-13-10-9-11-7-5-6-8-12(11)13/h5-8,13,16H,3-4,9-10H2,1-2H3,(H,17,18). The number of nitrogens with one attached hydrogen (secondary N) is 1. The normalized spacial score (nSPS) is 18.7. The lowest BCUT2D eigenvalue weighted by Gasteiger charge is -2.32. The van der Waals surface area contributed by atoms with E-state index in [1.165, 1.54) is 11.1 Å². The van der Waals surface area contributed by atoms with Gasteiger partial charge in [-0.1, -0.05) is 38.1 Å². The molecule has 2 rings (SSSR count). The molecule has 2 N–H and O–H groups in total. The quantitative estimate of drug-likeness (QED) is 0.841. The average molecular weight is 247 g/mol. The van der Waals surface area contributed by atoms with Crippen molar-refractivity contribution in [3.8, 4) is 0 Å². The zero-order valence-corrected chi connectivity index (χ0v) is 11.1. The summed E-state index contributed by atoms with van der Waals surface area (Å²) in [5.41, 5.74) is 1.83. The first kappa shape index (κ1) is 13.1. The Labute approximate surface area is 108 Å². The van der Waals surface area contributed by atoms with Gasteiger partial charge in [0.1, 0.15) is 5.54 Å². The third-order valence-electron chi connectivity index (χ3n) is 4.20. The van der Waals surface area contributed by atoms with Crippen LogP contribution in [-0.4, -0.2) is 16.6 Å². The Balaban J connectivity index is 2.22. The minimum Gasteiger partial charge on any atom is -0.480 e. The molecule has 1 aliphatic rings. The topological polar surface area (TPSA) is 49.3 Å². The van der Waals surface area contributed by atoms with Crippen LogP contribution in [0.15, 0.2) is 24.3 Å². The summed E-state index contributed by atoms with van der Waals surface area (Å²) >= 11 is 0. The van der Waals surface area contributed by atoms with Crippen LogP contribution < -0.4 is 5.32 Å². The Hall–Kier alpha value is -1.35. The summed E-state index contributed by atoms with van der Waals surface area (Å²) in [6.07, 6.45) is 3.25. The highest BCUT2D eigenvalue weighted by Crippen LogP contribution is 2.33. The summed E-state index contributed by atoms with van der Waals surface area (Å²) in [5, 5.41) is 12.9. The smallest absolute Gasteiger partial charge is 0.323 e. The number of carbonyl (C=O) groups is 1. The number of fused-ring (bicyclic) bond motifs is 1. The van der Waals surface area contributed by atoms with Crippen molar-refractivity contribution in [1.29, 1.82) is 0 Å². The first-order valence-electron chi connectivity index (χ1n) is 6.72. The van der Waals surface area contributed by atoms with Gasteiger partial charge in [-0.3, -0.25) is 10.1 Å². The molecule has 0 saturated carbocycles. The van der Waals surface area contributed by atoms with Crippen LogP contribution in [0.25, 0.3) is 0 Å². The molecule has 3 nitrogen and oxygen atoms in total. The number of aryl methyl sites for hydroxylation is 1. The minimum atomic E-state index is -0.790. The van der Waals surface area contributed by atoms with Crippen LogP contribution in [-0.2, 0) is 11.2 Å². The van der Waals surface area contributed by atoms with Crippen LogP contribution in [0.5, 0.6) is 0 Å². The highest BCUT2D eigenvalue weighted by molar-refractivity contribution is 5.78. The SMILES string of the molecule is CCC(CC)(NC1CCc2ccccc21)C(=O)O. The van der Waals surface area contributed by atoms with Gasteiger partial charge in [-0.2, -0.15) is 0 Å². The largest absolute Gasteiger partial charge is 0.480 e. The molecule has 1 unspecified atom stereocenters. The zero-order valence-electron chi connectivity index (χ0n) is 11.1. The highest BCUT2D eigenvalue weighted by atomic mass is 16.4. The molecule has 0 saturated heterocycles. The second-order valence-electron chi connectivity index (χ2n) is 5.03. The lowest BCUT2D eigenvalue weighted by molar-refractivity contribution is -0.145. The number of carboxylic acid groups (broad SMARTS) is 1. The molecule has 0 aromatic heterocycles. The molecule has 0 radical (unpaired) electrons. The van der Waals surface area contributed by atoms with Gasteiger partial charge in [0.2, 0.25) is 0 Å². The summed E-state index contributed by atoms with van der Waals surface area (Å²) in [7, 11) is 0. The molecule has 98 valence electrons. The van der Waals surface area contributed by atoms with Crippen molar-refractivity contribution in [2.24, 2.45) is 0 Å². The molecule has 0 aliphatic heterocycles. The minimum absolute atomic E-state index is 0.178. The summed E-state index contributed by atoms with van der Waals surface area (Å²) in [4.78, 5) is 11.5. The molecular formula is C15H21NO2. The predicted octanol–water partition coefficient (Wildman–Crippen LogP) is 2.91. The number of benzene rings is 1. The summed E-state index contributed by atoms with van der Waals surface area (Å²) in [5.74, 6) is -0.739. The van der Waals surface area contributed by atoms with Crippen molar-refractivity contribution in [2.45, 2.75) is 51.1 Å². The van der Waals surface area contributed by atoms with E-state index in [1.54, 1.807) is 0 Å². The molecule has 3 heteroatoms. The first-order valence-corrected chi connectivity index (χ1v) is 6.72. The molecule has 0 spiro atoms. The maximum atomic E-state index is 11.5. The third-order valence-corrected chi connectivity index (χ3v) is 4.20. The van der Waals surface area contributed by atoms with E-state index in [-0.39, 0.29) is 6.04 Å². The maximum absolute atomic E-state index is 11.5. The monoisotopic (exact) mass is 247 g/mol. The van der Waals surface area contributed by atoms with E-state index >= 15 is 0 Å². The lowest BCUT2D eigenvalue weighted by atomic mass is 9.91. The first-order chi connectivity index (χ1) is 8.63. The molecule has 1 atom stereocenters. The molecule has 1 aromatic rings. The van der Waals surface area contributed by atoms with Gasteiger partial charge in [-0.25, -0.2) is 0 Å². The van der Waals surface area contributed by atoms with E-state index in [0.29, 0.717) is 12.8 Å². The summed E-state index contributed by atoms with van der Waals surface area (Å²) < 4.78 is 0. The Kier molecular flexibility index (Phi) is 3.71. The predicted molar refractivity (Wildman–Crippen MR) is 71.6 cm³/mol. The van der Waals surface area contributed by atoms with E-state index in [9.17, 15) is 9.90 Å². The molecule has 0 fully saturated rings. The van der Waals surface area contributed by atoms with E-state index in [2.05, 4.69) is 17.4 Å². The van der Waals surface area contributed by atoms with Crippen LogP contribution in [0.4, 0.5) is 0 Å². The fraction of sp³-hybridized carbons (Fsp3) is 0.533. The van der Waals surface area contributed by atoms with Crippen molar-refractivity contribution in [2.75, 3.05) is 0 Å². The van der Waals surface area contributed by atoms with Crippen LogP contribution in [0.1, 0.15) is 50.3 Å². The van der Waals surface area contributed by atoms with E-state index in [0.717, 1.165) is 12.8 Å². The molecule has 0 heterocycles. The van der Waals surface area contributed by atoms with Crippen LogP contribution in [0.3, 0.4) is 0 Å². The van der Waals surface area contributed by atoms with Gasteiger partial charge < -0.3 is 5.11 Å². The van der Waals surface area contributed by atoms with Crippen molar-refractivity contribution in [1.82, 2.24) is 5.32 Å². The Morgan fingerprint density at radius 3 is 2.67 bits per heavy atom. The number of hydrogen-bond donors (Lipinski definition) is 2. The van der Waals surface area contributed by atoms with Crippen LogP contribution in [0, 0.1) is 0 Å². The second-order valence-corrected chi connectivity index (χ2v) is 5.03. The fourth-order valence-corrected chi connectivity index (χ4v) is 2.86. The summed E-state index contributed by atoms with van der Waals surface area (Å²) in [6, 6.07) is 8.50.